The third-order valence-corrected chi connectivity index (χ3v) is 5.16. The molecule has 86 valence electrons. The SMILES string of the molecule is NCC(NCc1cccs1)c1sccc1Br. The van der Waals surface area contributed by atoms with Gasteiger partial charge in [0.25, 0.3) is 0 Å². The Balaban J connectivity index is 1.99. The molecule has 1 unspecified atom stereocenters. The van der Waals surface area contributed by atoms with Crippen LogP contribution in [-0.4, -0.2) is 6.54 Å². The largest absolute Gasteiger partial charge is 0.329 e. The molecule has 0 amide bonds. The Labute approximate surface area is 112 Å². The molecular weight excluding hydrogens is 304 g/mol. The van der Waals surface area contributed by atoms with E-state index in [-0.39, 0.29) is 6.04 Å². The van der Waals surface area contributed by atoms with Gasteiger partial charge in [0.1, 0.15) is 0 Å². The van der Waals surface area contributed by atoms with Gasteiger partial charge in [0.2, 0.25) is 0 Å². The van der Waals surface area contributed by atoms with E-state index in [1.54, 1.807) is 22.7 Å². The molecule has 2 heterocycles. The van der Waals surface area contributed by atoms with E-state index in [9.17, 15) is 0 Å². The van der Waals surface area contributed by atoms with Crippen molar-refractivity contribution in [2.24, 2.45) is 5.73 Å². The quantitative estimate of drug-likeness (QED) is 0.887. The fourth-order valence-electron chi connectivity index (χ4n) is 1.47. The van der Waals surface area contributed by atoms with Crippen LogP contribution in [0.4, 0.5) is 0 Å². The van der Waals surface area contributed by atoms with E-state index < -0.39 is 0 Å². The summed E-state index contributed by atoms with van der Waals surface area (Å²) < 4.78 is 1.15. The van der Waals surface area contributed by atoms with Crippen LogP contribution in [0.2, 0.25) is 0 Å². The monoisotopic (exact) mass is 316 g/mol. The molecule has 16 heavy (non-hydrogen) atoms. The molecule has 0 radical (unpaired) electrons. The molecular formula is C11H13BrN2S2. The first-order valence-corrected chi connectivity index (χ1v) is 7.55. The van der Waals surface area contributed by atoms with Crippen LogP contribution in [0.1, 0.15) is 15.8 Å². The standard InChI is InChI=1S/C11H13BrN2S2/c12-9-3-5-16-11(9)10(6-13)14-7-8-2-1-4-15-8/h1-5,10,14H,6-7,13H2. The summed E-state index contributed by atoms with van der Waals surface area (Å²) in [5.41, 5.74) is 5.80. The van der Waals surface area contributed by atoms with Gasteiger partial charge in [0.05, 0.1) is 6.04 Å². The fraction of sp³-hybridized carbons (Fsp3) is 0.273. The molecule has 0 bridgehead atoms. The summed E-state index contributed by atoms with van der Waals surface area (Å²) in [5.74, 6) is 0. The van der Waals surface area contributed by atoms with E-state index >= 15 is 0 Å². The molecule has 2 aromatic rings. The minimum atomic E-state index is 0.233. The highest BCUT2D eigenvalue weighted by Crippen LogP contribution is 2.28. The summed E-state index contributed by atoms with van der Waals surface area (Å²) in [5, 5.41) is 7.65. The van der Waals surface area contributed by atoms with Gasteiger partial charge in [0.15, 0.2) is 0 Å². The Bertz CT molecular complexity index is 425. The number of nitrogens with one attached hydrogen (secondary N) is 1. The van der Waals surface area contributed by atoms with Crippen molar-refractivity contribution < 1.29 is 0 Å². The summed E-state index contributed by atoms with van der Waals surface area (Å²) in [6.07, 6.45) is 0. The van der Waals surface area contributed by atoms with E-state index in [0.29, 0.717) is 6.54 Å². The predicted octanol–water partition coefficient (Wildman–Crippen LogP) is 3.36. The van der Waals surface area contributed by atoms with Crippen molar-refractivity contribution >= 4 is 38.6 Å². The Morgan fingerprint density at radius 2 is 2.19 bits per heavy atom. The minimum absolute atomic E-state index is 0.233. The van der Waals surface area contributed by atoms with Crippen molar-refractivity contribution in [1.82, 2.24) is 5.32 Å². The van der Waals surface area contributed by atoms with E-state index in [1.807, 2.05) is 0 Å². The summed E-state index contributed by atoms with van der Waals surface area (Å²) in [7, 11) is 0. The molecule has 0 aromatic carbocycles. The molecule has 0 aliphatic rings. The molecule has 0 fully saturated rings. The number of thiophene rings is 2. The lowest BCUT2D eigenvalue weighted by Crippen LogP contribution is -2.27. The van der Waals surface area contributed by atoms with Gasteiger partial charge in [-0.1, -0.05) is 6.07 Å². The van der Waals surface area contributed by atoms with Crippen LogP contribution in [0, 0.1) is 0 Å². The second-order valence-electron chi connectivity index (χ2n) is 3.38. The van der Waals surface area contributed by atoms with Gasteiger partial charge in [-0.25, -0.2) is 0 Å². The third kappa shape index (κ3) is 2.93. The average Bonchev–Trinajstić information content (AvgIpc) is 2.92. The van der Waals surface area contributed by atoms with Gasteiger partial charge in [-0.15, -0.1) is 22.7 Å². The van der Waals surface area contributed by atoms with Crippen LogP contribution in [0.3, 0.4) is 0 Å². The molecule has 0 spiro atoms. The average molecular weight is 317 g/mol. The Hall–Kier alpha value is -0.200. The van der Waals surface area contributed by atoms with Gasteiger partial charge < -0.3 is 11.1 Å². The third-order valence-electron chi connectivity index (χ3n) is 2.30. The number of halogens is 1. The normalized spacial score (nSPS) is 12.9. The maximum Gasteiger partial charge on any atom is 0.0553 e. The van der Waals surface area contributed by atoms with E-state index in [2.05, 4.69) is 50.2 Å². The topological polar surface area (TPSA) is 38.0 Å². The Kier molecular flexibility index (Phi) is 4.55. The highest BCUT2D eigenvalue weighted by Gasteiger charge is 2.13. The molecule has 1 atom stereocenters. The van der Waals surface area contributed by atoms with Crippen LogP contribution >= 0.6 is 38.6 Å². The lowest BCUT2D eigenvalue weighted by Gasteiger charge is -2.15. The van der Waals surface area contributed by atoms with Gasteiger partial charge in [0, 0.05) is 27.3 Å². The molecule has 2 rings (SSSR count). The maximum absolute atomic E-state index is 5.80. The molecule has 0 saturated heterocycles. The van der Waals surface area contributed by atoms with Gasteiger partial charge in [-0.3, -0.25) is 0 Å². The fourth-order valence-corrected chi connectivity index (χ4v) is 3.87. The van der Waals surface area contributed by atoms with Crippen LogP contribution in [0.15, 0.2) is 33.4 Å². The zero-order chi connectivity index (χ0) is 11.4. The zero-order valence-electron chi connectivity index (χ0n) is 8.65. The lowest BCUT2D eigenvalue weighted by molar-refractivity contribution is 0.551. The van der Waals surface area contributed by atoms with Crippen molar-refractivity contribution in [3.8, 4) is 0 Å². The van der Waals surface area contributed by atoms with Crippen molar-refractivity contribution in [1.29, 1.82) is 0 Å². The first-order chi connectivity index (χ1) is 7.81. The number of nitrogens with two attached hydrogens (primary N) is 1. The summed E-state index contributed by atoms with van der Waals surface area (Å²) >= 11 is 7.04. The van der Waals surface area contributed by atoms with E-state index in [0.717, 1.165) is 11.0 Å². The first-order valence-electron chi connectivity index (χ1n) is 5.00. The van der Waals surface area contributed by atoms with Crippen LogP contribution < -0.4 is 11.1 Å². The summed E-state index contributed by atoms with van der Waals surface area (Å²) in [6.45, 7) is 1.49. The van der Waals surface area contributed by atoms with Crippen molar-refractivity contribution in [2.45, 2.75) is 12.6 Å². The minimum Gasteiger partial charge on any atom is -0.329 e. The number of rotatable bonds is 5. The molecule has 0 aliphatic carbocycles. The van der Waals surface area contributed by atoms with Gasteiger partial charge in [-0.05, 0) is 38.8 Å². The zero-order valence-corrected chi connectivity index (χ0v) is 11.9. The smallest absolute Gasteiger partial charge is 0.0553 e. The van der Waals surface area contributed by atoms with Crippen molar-refractivity contribution in [2.75, 3.05) is 6.54 Å². The predicted molar refractivity (Wildman–Crippen MR) is 75.0 cm³/mol. The summed E-state index contributed by atoms with van der Waals surface area (Å²) in [6, 6.07) is 6.50. The van der Waals surface area contributed by atoms with Crippen molar-refractivity contribution in [3.63, 3.8) is 0 Å². The molecule has 0 aliphatic heterocycles. The van der Waals surface area contributed by atoms with E-state index in [4.69, 9.17) is 5.73 Å². The number of hydrogen-bond donors (Lipinski definition) is 2. The molecule has 2 aromatic heterocycles. The van der Waals surface area contributed by atoms with Crippen LogP contribution in [-0.2, 0) is 6.54 Å². The van der Waals surface area contributed by atoms with Crippen LogP contribution in [0.5, 0.6) is 0 Å². The van der Waals surface area contributed by atoms with E-state index in [1.165, 1.54) is 9.75 Å². The van der Waals surface area contributed by atoms with Crippen molar-refractivity contribution in [3.05, 3.63) is 43.2 Å². The molecule has 0 saturated carbocycles. The lowest BCUT2D eigenvalue weighted by atomic mass is 10.2. The molecule has 5 heteroatoms. The maximum atomic E-state index is 5.80. The highest BCUT2D eigenvalue weighted by molar-refractivity contribution is 9.10. The van der Waals surface area contributed by atoms with Gasteiger partial charge >= 0.3 is 0 Å². The van der Waals surface area contributed by atoms with Gasteiger partial charge in [-0.2, -0.15) is 0 Å². The first kappa shape index (κ1) is 12.3. The molecule has 3 N–H and O–H groups in total. The molecule has 2 nitrogen and oxygen atoms in total. The second-order valence-corrected chi connectivity index (χ2v) is 6.22. The second kappa shape index (κ2) is 5.93. The Morgan fingerprint density at radius 3 is 2.75 bits per heavy atom. The van der Waals surface area contributed by atoms with Crippen LogP contribution in [0.25, 0.3) is 0 Å². The highest BCUT2D eigenvalue weighted by atomic mass is 79.9. The summed E-state index contributed by atoms with van der Waals surface area (Å²) in [4.78, 5) is 2.62. The Morgan fingerprint density at radius 1 is 1.31 bits per heavy atom. The number of hydrogen-bond acceptors (Lipinski definition) is 4.